The van der Waals surface area contributed by atoms with Crippen molar-refractivity contribution in [3.8, 4) is 11.5 Å². The molecule has 0 bridgehead atoms. The molecule has 0 saturated carbocycles. The molecule has 0 saturated heterocycles. The summed E-state index contributed by atoms with van der Waals surface area (Å²) in [5, 5.41) is 13.4. The van der Waals surface area contributed by atoms with Gasteiger partial charge in [0.15, 0.2) is 11.5 Å². The summed E-state index contributed by atoms with van der Waals surface area (Å²) in [5.74, 6) is 1.13. The lowest BCUT2D eigenvalue weighted by atomic mass is 10.1. The number of nitrogens with zero attached hydrogens (tertiary/aromatic N) is 1. The lowest BCUT2D eigenvalue weighted by molar-refractivity contribution is -0.118. The van der Waals surface area contributed by atoms with E-state index in [4.69, 9.17) is 18.9 Å². The van der Waals surface area contributed by atoms with Gasteiger partial charge in [-0.25, -0.2) is 0 Å². The SMILES string of the molecule is COCCN(CC(=O)Nc1cccc(C)c1C)CC(O)COCc1ccc(OC)c(OC)c1. The van der Waals surface area contributed by atoms with Crippen LogP contribution >= 0.6 is 0 Å². The number of hydrogen-bond donors (Lipinski definition) is 2. The van der Waals surface area contributed by atoms with Crippen LogP contribution in [0.1, 0.15) is 16.7 Å². The quantitative estimate of drug-likeness (QED) is 0.448. The standard InChI is InChI=1S/C25H36N2O6/c1-18-7-6-8-22(19(18)2)26-25(29)15-27(11-12-30-3)14-21(28)17-33-16-20-9-10-23(31-4)24(13-20)32-5/h6-10,13,21,28H,11-12,14-17H2,1-5H3,(H,26,29). The zero-order chi connectivity index (χ0) is 24.2. The molecule has 0 spiro atoms. The van der Waals surface area contributed by atoms with Crippen LogP contribution in [0.2, 0.25) is 0 Å². The molecule has 8 nitrogen and oxygen atoms in total. The van der Waals surface area contributed by atoms with Gasteiger partial charge in [0.2, 0.25) is 5.91 Å². The van der Waals surface area contributed by atoms with E-state index in [2.05, 4.69) is 5.32 Å². The number of aliphatic hydroxyl groups excluding tert-OH is 1. The number of nitrogens with one attached hydrogen (secondary N) is 1. The number of anilines is 1. The van der Waals surface area contributed by atoms with Gasteiger partial charge in [-0.1, -0.05) is 18.2 Å². The van der Waals surface area contributed by atoms with Gasteiger partial charge in [-0.3, -0.25) is 9.69 Å². The molecule has 0 aliphatic heterocycles. The lowest BCUT2D eigenvalue weighted by Crippen LogP contribution is -2.41. The number of methoxy groups -OCH3 is 3. The fraction of sp³-hybridized carbons (Fsp3) is 0.480. The third-order valence-corrected chi connectivity index (χ3v) is 5.35. The normalized spacial score (nSPS) is 12.0. The van der Waals surface area contributed by atoms with Crippen LogP contribution in [0.4, 0.5) is 5.69 Å². The van der Waals surface area contributed by atoms with Crippen molar-refractivity contribution < 1.29 is 28.8 Å². The molecule has 33 heavy (non-hydrogen) atoms. The summed E-state index contributed by atoms with van der Waals surface area (Å²) in [7, 11) is 4.77. The molecule has 1 amide bonds. The monoisotopic (exact) mass is 460 g/mol. The van der Waals surface area contributed by atoms with E-state index in [-0.39, 0.29) is 25.6 Å². The van der Waals surface area contributed by atoms with Crippen molar-refractivity contribution in [2.45, 2.75) is 26.6 Å². The minimum Gasteiger partial charge on any atom is -0.493 e. The number of benzene rings is 2. The average molecular weight is 461 g/mol. The Balaban J connectivity index is 1.86. The molecule has 2 N–H and O–H groups in total. The lowest BCUT2D eigenvalue weighted by Gasteiger charge is -2.24. The molecule has 8 heteroatoms. The molecule has 0 aliphatic carbocycles. The first-order chi connectivity index (χ1) is 15.9. The van der Waals surface area contributed by atoms with E-state index in [0.717, 1.165) is 22.4 Å². The number of aryl methyl sites for hydroxylation is 1. The fourth-order valence-electron chi connectivity index (χ4n) is 3.37. The van der Waals surface area contributed by atoms with Crippen molar-refractivity contribution in [2.75, 3.05) is 59.5 Å². The van der Waals surface area contributed by atoms with Gasteiger partial charge in [-0.05, 0) is 48.7 Å². The van der Waals surface area contributed by atoms with E-state index in [0.29, 0.717) is 31.3 Å². The van der Waals surface area contributed by atoms with Gasteiger partial charge >= 0.3 is 0 Å². The van der Waals surface area contributed by atoms with E-state index >= 15 is 0 Å². The smallest absolute Gasteiger partial charge is 0.238 e. The minimum atomic E-state index is -0.754. The topological polar surface area (TPSA) is 89.5 Å². The highest BCUT2D eigenvalue weighted by molar-refractivity contribution is 5.93. The maximum absolute atomic E-state index is 12.6. The van der Waals surface area contributed by atoms with Crippen LogP contribution in [0.15, 0.2) is 36.4 Å². The molecule has 2 aromatic rings. The predicted molar refractivity (Wildman–Crippen MR) is 128 cm³/mol. The van der Waals surface area contributed by atoms with E-state index in [1.54, 1.807) is 21.3 Å². The highest BCUT2D eigenvalue weighted by Gasteiger charge is 2.16. The molecule has 2 aromatic carbocycles. The molecule has 182 valence electrons. The summed E-state index contributed by atoms with van der Waals surface area (Å²) < 4.78 is 21.4. The Labute approximate surface area is 196 Å². The summed E-state index contributed by atoms with van der Waals surface area (Å²) in [6, 6.07) is 11.4. The van der Waals surface area contributed by atoms with Crippen molar-refractivity contribution in [1.82, 2.24) is 4.90 Å². The molecule has 0 heterocycles. The van der Waals surface area contributed by atoms with Gasteiger partial charge in [0.25, 0.3) is 0 Å². The molecule has 0 aliphatic rings. The Kier molecular flexibility index (Phi) is 11.1. The summed E-state index contributed by atoms with van der Waals surface area (Å²) in [5.41, 5.74) is 3.86. The fourth-order valence-corrected chi connectivity index (χ4v) is 3.37. The first-order valence-corrected chi connectivity index (χ1v) is 10.9. The van der Waals surface area contributed by atoms with Gasteiger partial charge < -0.3 is 29.4 Å². The molecule has 0 fully saturated rings. The molecule has 0 radical (unpaired) electrons. The first kappa shape index (κ1) is 26.6. The predicted octanol–water partition coefficient (Wildman–Crippen LogP) is 2.79. The number of amides is 1. The second-order valence-electron chi connectivity index (χ2n) is 7.88. The third-order valence-electron chi connectivity index (χ3n) is 5.35. The molecule has 2 rings (SSSR count). The maximum atomic E-state index is 12.6. The van der Waals surface area contributed by atoms with Crippen LogP contribution in [0.5, 0.6) is 11.5 Å². The van der Waals surface area contributed by atoms with Crippen molar-refractivity contribution in [2.24, 2.45) is 0 Å². The van der Waals surface area contributed by atoms with Crippen molar-refractivity contribution in [3.63, 3.8) is 0 Å². The van der Waals surface area contributed by atoms with E-state index in [9.17, 15) is 9.90 Å². The number of carbonyl (C=O) groups excluding carboxylic acids is 1. The van der Waals surface area contributed by atoms with Gasteiger partial charge in [0, 0.05) is 25.9 Å². The summed E-state index contributed by atoms with van der Waals surface area (Å²) in [6.07, 6.45) is -0.754. The van der Waals surface area contributed by atoms with E-state index in [1.807, 2.05) is 55.1 Å². The number of aliphatic hydroxyl groups is 1. The second kappa shape index (κ2) is 13.8. The van der Waals surface area contributed by atoms with Crippen LogP contribution in [0.3, 0.4) is 0 Å². The third kappa shape index (κ3) is 8.66. The highest BCUT2D eigenvalue weighted by Crippen LogP contribution is 2.27. The Morgan fingerprint density at radius 2 is 1.85 bits per heavy atom. The minimum absolute atomic E-state index is 0.135. The van der Waals surface area contributed by atoms with Gasteiger partial charge in [-0.15, -0.1) is 0 Å². The number of rotatable bonds is 14. The summed E-state index contributed by atoms with van der Waals surface area (Å²) >= 11 is 0. The molecule has 1 unspecified atom stereocenters. The second-order valence-corrected chi connectivity index (χ2v) is 7.88. The Bertz CT molecular complexity index is 889. The highest BCUT2D eigenvalue weighted by atomic mass is 16.5. The number of carbonyl (C=O) groups is 1. The zero-order valence-corrected chi connectivity index (χ0v) is 20.2. The Morgan fingerprint density at radius 1 is 1.09 bits per heavy atom. The Hall–Kier alpha value is -2.65. The number of ether oxygens (including phenoxy) is 4. The zero-order valence-electron chi connectivity index (χ0n) is 20.2. The van der Waals surface area contributed by atoms with Crippen molar-refractivity contribution >= 4 is 11.6 Å². The van der Waals surface area contributed by atoms with E-state index in [1.165, 1.54) is 0 Å². The van der Waals surface area contributed by atoms with Gasteiger partial charge in [0.1, 0.15) is 0 Å². The molecular formula is C25H36N2O6. The average Bonchev–Trinajstić information content (AvgIpc) is 2.80. The summed E-state index contributed by atoms with van der Waals surface area (Å²) in [6.45, 7) is 5.85. The van der Waals surface area contributed by atoms with E-state index < -0.39 is 6.10 Å². The van der Waals surface area contributed by atoms with Crippen LogP contribution in [-0.2, 0) is 20.9 Å². The molecule has 1 atom stereocenters. The molecule has 0 aromatic heterocycles. The van der Waals surface area contributed by atoms with Gasteiger partial charge in [0.05, 0.1) is 46.7 Å². The molecular weight excluding hydrogens is 424 g/mol. The number of hydrogen-bond acceptors (Lipinski definition) is 7. The largest absolute Gasteiger partial charge is 0.493 e. The Morgan fingerprint density at radius 3 is 2.55 bits per heavy atom. The maximum Gasteiger partial charge on any atom is 0.238 e. The van der Waals surface area contributed by atoms with Crippen molar-refractivity contribution in [1.29, 1.82) is 0 Å². The van der Waals surface area contributed by atoms with Crippen LogP contribution < -0.4 is 14.8 Å². The van der Waals surface area contributed by atoms with Crippen LogP contribution in [-0.4, -0.2) is 76.2 Å². The van der Waals surface area contributed by atoms with Gasteiger partial charge in [-0.2, -0.15) is 0 Å². The van der Waals surface area contributed by atoms with Crippen LogP contribution in [0, 0.1) is 13.8 Å². The van der Waals surface area contributed by atoms with Crippen LogP contribution in [0.25, 0.3) is 0 Å². The summed E-state index contributed by atoms with van der Waals surface area (Å²) in [4.78, 5) is 14.5. The first-order valence-electron chi connectivity index (χ1n) is 10.9. The van der Waals surface area contributed by atoms with Crippen molar-refractivity contribution in [3.05, 3.63) is 53.1 Å².